The molecule has 0 saturated carbocycles. The summed E-state index contributed by atoms with van der Waals surface area (Å²) in [6.45, 7) is 0. The third-order valence-corrected chi connectivity index (χ3v) is 9.94. The Balaban J connectivity index is 1.30. The average molecular weight is 653 g/mol. The molecule has 2 aromatic heterocycles. The molecule has 0 N–H and O–H groups in total. The first-order valence-electron chi connectivity index (χ1n) is 17.4. The van der Waals surface area contributed by atoms with Gasteiger partial charge in [0.2, 0.25) is 0 Å². The summed E-state index contributed by atoms with van der Waals surface area (Å²) in [5.74, 6) is 0. The number of benzene rings is 8. The maximum absolute atomic E-state index is 6.26. The molecular weight excluding hydrogens is 621 g/mol. The summed E-state index contributed by atoms with van der Waals surface area (Å²) >= 11 is 0. The molecule has 2 heterocycles. The fourth-order valence-electron chi connectivity index (χ4n) is 7.67. The van der Waals surface area contributed by atoms with Crippen molar-refractivity contribution in [2.45, 2.75) is 0 Å². The minimum absolute atomic E-state index is 0.881. The van der Waals surface area contributed by atoms with Gasteiger partial charge in [0.15, 0.2) is 0 Å². The summed E-state index contributed by atoms with van der Waals surface area (Å²) in [6.07, 6.45) is 0. The van der Waals surface area contributed by atoms with Crippen LogP contribution in [0.3, 0.4) is 0 Å². The predicted molar refractivity (Wildman–Crippen MR) is 214 cm³/mol. The maximum atomic E-state index is 6.26. The predicted octanol–water partition coefficient (Wildman–Crippen LogP) is 13.5. The van der Waals surface area contributed by atoms with Crippen LogP contribution in [0.5, 0.6) is 0 Å². The Morgan fingerprint density at radius 3 is 1.84 bits per heavy atom. The number of fused-ring (bicyclic) bond motifs is 6. The highest BCUT2D eigenvalue weighted by Crippen LogP contribution is 2.45. The van der Waals surface area contributed by atoms with Gasteiger partial charge in [0, 0.05) is 44.3 Å². The van der Waals surface area contributed by atoms with Crippen LogP contribution in [0.15, 0.2) is 199 Å². The van der Waals surface area contributed by atoms with Crippen LogP contribution in [0.25, 0.3) is 71.7 Å². The minimum Gasteiger partial charge on any atom is -0.456 e. The molecule has 10 rings (SSSR count). The first-order chi connectivity index (χ1) is 25.3. The lowest BCUT2D eigenvalue weighted by atomic mass is 9.95. The lowest BCUT2D eigenvalue weighted by molar-refractivity contribution is 0.669. The fraction of sp³-hybridized carbons (Fsp3) is 0. The van der Waals surface area contributed by atoms with Crippen LogP contribution in [0, 0.1) is 0 Å². The van der Waals surface area contributed by atoms with E-state index in [1.165, 1.54) is 38.5 Å². The van der Waals surface area contributed by atoms with Crippen LogP contribution in [-0.4, -0.2) is 4.57 Å². The van der Waals surface area contributed by atoms with Gasteiger partial charge in [-0.25, -0.2) is 0 Å². The first kappa shape index (κ1) is 29.1. The van der Waals surface area contributed by atoms with Crippen LogP contribution in [0.2, 0.25) is 0 Å². The van der Waals surface area contributed by atoms with Crippen LogP contribution in [0.1, 0.15) is 0 Å². The average Bonchev–Trinajstić information content (AvgIpc) is 3.74. The largest absolute Gasteiger partial charge is 0.456 e. The molecule has 0 spiro atoms. The molecule has 0 aliphatic rings. The van der Waals surface area contributed by atoms with Crippen molar-refractivity contribution in [1.29, 1.82) is 0 Å². The van der Waals surface area contributed by atoms with Crippen LogP contribution < -0.4 is 4.90 Å². The van der Waals surface area contributed by atoms with E-state index >= 15 is 0 Å². The Bertz CT molecular complexity index is 2850. The number of rotatable bonds is 6. The highest BCUT2D eigenvalue weighted by Gasteiger charge is 2.22. The highest BCUT2D eigenvalue weighted by atomic mass is 16.3. The van der Waals surface area contributed by atoms with Gasteiger partial charge in [-0.05, 0) is 95.1 Å². The molecule has 0 radical (unpaired) electrons. The lowest BCUT2D eigenvalue weighted by Crippen LogP contribution is -2.10. The molecule has 0 fully saturated rings. The van der Waals surface area contributed by atoms with Gasteiger partial charge in [-0.15, -0.1) is 0 Å². The van der Waals surface area contributed by atoms with Crippen molar-refractivity contribution in [3.8, 4) is 27.9 Å². The fourth-order valence-corrected chi connectivity index (χ4v) is 7.67. The van der Waals surface area contributed by atoms with E-state index in [0.29, 0.717) is 0 Å². The smallest absolute Gasteiger partial charge is 0.135 e. The van der Waals surface area contributed by atoms with Crippen molar-refractivity contribution < 1.29 is 4.42 Å². The summed E-state index contributed by atoms with van der Waals surface area (Å²) in [4.78, 5) is 2.37. The zero-order chi connectivity index (χ0) is 33.7. The normalized spacial score (nSPS) is 11.5. The number of para-hydroxylation sites is 4. The van der Waals surface area contributed by atoms with Gasteiger partial charge < -0.3 is 13.9 Å². The molecule has 0 aliphatic carbocycles. The molecule has 8 aromatic carbocycles. The third-order valence-electron chi connectivity index (χ3n) is 9.94. The molecule has 3 heteroatoms. The number of anilines is 3. The summed E-state index contributed by atoms with van der Waals surface area (Å²) in [5, 5.41) is 4.66. The Morgan fingerprint density at radius 1 is 0.373 bits per heavy atom. The van der Waals surface area contributed by atoms with Gasteiger partial charge >= 0.3 is 0 Å². The zero-order valence-electron chi connectivity index (χ0n) is 27.8. The Kier molecular flexibility index (Phi) is 6.81. The van der Waals surface area contributed by atoms with E-state index in [0.717, 1.165) is 50.2 Å². The number of nitrogens with zero attached hydrogens (tertiary/aromatic N) is 2. The monoisotopic (exact) mass is 652 g/mol. The van der Waals surface area contributed by atoms with Crippen molar-refractivity contribution in [3.63, 3.8) is 0 Å². The molecule has 51 heavy (non-hydrogen) atoms. The van der Waals surface area contributed by atoms with Gasteiger partial charge in [-0.2, -0.15) is 0 Å². The Hall–Kier alpha value is -6.84. The summed E-state index contributed by atoms with van der Waals surface area (Å²) in [5.41, 5.74) is 13.2. The van der Waals surface area contributed by atoms with Gasteiger partial charge in [0.25, 0.3) is 0 Å². The van der Waals surface area contributed by atoms with E-state index in [1.54, 1.807) is 0 Å². The minimum atomic E-state index is 0.881. The number of hydrogen-bond donors (Lipinski definition) is 0. The molecular formula is C48H32N2O. The summed E-state index contributed by atoms with van der Waals surface area (Å²) < 4.78 is 8.67. The van der Waals surface area contributed by atoms with E-state index in [4.69, 9.17) is 4.42 Å². The van der Waals surface area contributed by atoms with Crippen molar-refractivity contribution in [2.24, 2.45) is 0 Å². The molecule has 0 amide bonds. The number of hydrogen-bond acceptors (Lipinski definition) is 2. The second-order valence-electron chi connectivity index (χ2n) is 13.0. The zero-order valence-corrected chi connectivity index (χ0v) is 27.8. The maximum Gasteiger partial charge on any atom is 0.135 e. The topological polar surface area (TPSA) is 21.3 Å². The molecule has 0 unspecified atom stereocenters. The molecule has 0 bridgehead atoms. The van der Waals surface area contributed by atoms with E-state index < -0.39 is 0 Å². The van der Waals surface area contributed by atoms with Gasteiger partial charge in [0.1, 0.15) is 11.2 Å². The summed E-state index contributed by atoms with van der Waals surface area (Å²) in [6, 6.07) is 69.3. The van der Waals surface area contributed by atoms with Crippen molar-refractivity contribution >= 4 is 60.8 Å². The van der Waals surface area contributed by atoms with E-state index in [2.05, 4.69) is 191 Å². The molecule has 0 saturated heterocycles. The van der Waals surface area contributed by atoms with Crippen LogP contribution in [-0.2, 0) is 0 Å². The Labute approximate surface area is 295 Å². The first-order valence-corrected chi connectivity index (χ1v) is 17.4. The van der Waals surface area contributed by atoms with Crippen molar-refractivity contribution in [1.82, 2.24) is 4.57 Å². The number of aromatic nitrogens is 1. The number of furan rings is 1. The van der Waals surface area contributed by atoms with Crippen LogP contribution in [0.4, 0.5) is 17.1 Å². The van der Waals surface area contributed by atoms with E-state index in [-0.39, 0.29) is 0 Å². The van der Waals surface area contributed by atoms with Gasteiger partial charge in [0.05, 0.1) is 11.0 Å². The summed E-state index contributed by atoms with van der Waals surface area (Å²) in [7, 11) is 0. The second kappa shape index (κ2) is 11.9. The molecule has 0 aliphatic heterocycles. The molecule has 0 atom stereocenters. The van der Waals surface area contributed by atoms with Gasteiger partial charge in [-0.3, -0.25) is 0 Å². The molecule has 240 valence electrons. The standard InChI is InChI=1S/C48H32N2O/c1-4-15-33(16-5-1)34-17-14-18-35(29-34)42-31-39(32-45-48(42)41-24-10-12-25-44(41)50(45)37-21-8-3-9-22-37)49(36-19-6-2-7-20-36)38-27-28-47-43(30-38)40-23-11-13-26-46(40)51-47/h1-32H. The SMILES string of the molecule is c1ccc(-c2cccc(-c3cc(N(c4ccccc4)c4ccc5oc6ccccc6c5c4)cc4c3c3ccccc3n4-c3ccccc3)c2)cc1. The third kappa shape index (κ3) is 4.90. The lowest BCUT2D eigenvalue weighted by Gasteiger charge is -2.27. The van der Waals surface area contributed by atoms with Gasteiger partial charge in [-0.1, -0.05) is 121 Å². The van der Waals surface area contributed by atoms with E-state index in [9.17, 15) is 0 Å². The molecule has 3 nitrogen and oxygen atoms in total. The quantitative estimate of drug-likeness (QED) is 0.178. The van der Waals surface area contributed by atoms with Crippen molar-refractivity contribution in [3.05, 3.63) is 194 Å². The van der Waals surface area contributed by atoms with Crippen LogP contribution >= 0.6 is 0 Å². The highest BCUT2D eigenvalue weighted by molar-refractivity contribution is 6.17. The molecule has 10 aromatic rings. The second-order valence-corrected chi connectivity index (χ2v) is 13.0. The Morgan fingerprint density at radius 2 is 1.02 bits per heavy atom. The van der Waals surface area contributed by atoms with Crippen molar-refractivity contribution in [2.75, 3.05) is 4.90 Å². The van der Waals surface area contributed by atoms with E-state index in [1.807, 2.05) is 12.1 Å².